The molecule has 1 amide bonds. The van der Waals surface area contributed by atoms with E-state index in [1.54, 1.807) is 0 Å². The van der Waals surface area contributed by atoms with Gasteiger partial charge in [-0.15, -0.1) is 0 Å². The summed E-state index contributed by atoms with van der Waals surface area (Å²) in [5, 5.41) is 7.01. The quantitative estimate of drug-likeness (QED) is 0.883. The highest BCUT2D eigenvalue weighted by molar-refractivity contribution is 6.30. The molecule has 1 fully saturated rings. The highest BCUT2D eigenvalue weighted by Gasteiger charge is 2.21. The third-order valence-electron chi connectivity index (χ3n) is 3.36. The van der Waals surface area contributed by atoms with Crippen LogP contribution in [0.5, 0.6) is 0 Å². The van der Waals surface area contributed by atoms with E-state index in [4.69, 9.17) is 11.6 Å². The standard InChI is InChI=1S/C14H19ClN2O/c1-10(11-5-7-12(15)8-6-11)17-14(18)13-4-2-3-9-16-13/h5-8,10,13,16H,2-4,9H2,1H3,(H,17,18)/t10-,13-/m0/s1. The largest absolute Gasteiger partial charge is 0.348 e. The van der Waals surface area contributed by atoms with E-state index in [9.17, 15) is 4.79 Å². The topological polar surface area (TPSA) is 41.1 Å². The van der Waals surface area contributed by atoms with Gasteiger partial charge in [-0.05, 0) is 44.0 Å². The molecule has 98 valence electrons. The van der Waals surface area contributed by atoms with Crippen molar-refractivity contribution < 1.29 is 4.79 Å². The number of benzene rings is 1. The molecule has 0 spiro atoms. The monoisotopic (exact) mass is 266 g/mol. The van der Waals surface area contributed by atoms with Gasteiger partial charge in [0.25, 0.3) is 0 Å². The van der Waals surface area contributed by atoms with Crippen molar-refractivity contribution in [3.63, 3.8) is 0 Å². The number of halogens is 1. The Morgan fingerprint density at radius 1 is 1.39 bits per heavy atom. The van der Waals surface area contributed by atoms with E-state index < -0.39 is 0 Å². The Morgan fingerprint density at radius 3 is 2.72 bits per heavy atom. The van der Waals surface area contributed by atoms with Gasteiger partial charge < -0.3 is 10.6 Å². The summed E-state index contributed by atoms with van der Waals surface area (Å²) >= 11 is 5.85. The van der Waals surface area contributed by atoms with Gasteiger partial charge in [-0.25, -0.2) is 0 Å². The summed E-state index contributed by atoms with van der Waals surface area (Å²) in [4.78, 5) is 12.0. The molecule has 0 aliphatic carbocycles. The van der Waals surface area contributed by atoms with Crippen molar-refractivity contribution in [1.29, 1.82) is 0 Å². The second-order valence-corrected chi connectivity index (χ2v) is 5.22. The van der Waals surface area contributed by atoms with Gasteiger partial charge in [-0.2, -0.15) is 0 Å². The predicted octanol–water partition coefficient (Wildman–Crippen LogP) is 2.66. The van der Waals surface area contributed by atoms with Crippen LogP contribution in [0, 0.1) is 0 Å². The Bertz CT molecular complexity index is 399. The molecule has 0 aromatic heterocycles. The van der Waals surface area contributed by atoms with E-state index in [2.05, 4.69) is 10.6 Å². The lowest BCUT2D eigenvalue weighted by atomic mass is 10.0. The fourth-order valence-corrected chi connectivity index (χ4v) is 2.35. The first-order chi connectivity index (χ1) is 8.66. The summed E-state index contributed by atoms with van der Waals surface area (Å²) < 4.78 is 0. The summed E-state index contributed by atoms with van der Waals surface area (Å²) in [6.45, 7) is 2.93. The molecule has 0 bridgehead atoms. The molecule has 1 saturated heterocycles. The van der Waals surface area contributed by atoms with Crippen LogP contribution < -0.4 is 10.6 Å². The van der Waals surface area contributed by atoms with E-state index in [-0.39, 0.29) is 18.0 Å². The van der Waals surface area contributed by atoms with Gasteiger partial charge in [-0.3, -0.25) is 4.79 Å². The summed E-state index contributed by atoms with van der Waals surface area (Å²) in [7, 11) is 0. The molecular formula is C14H19ClN2O. The molecule has 0 unspecified atom stereocenters. The minimum atomic E-state index is -0.0338. The van der Waals surface area contributed by atoms with Gasteiger partial charge in [0.05, 0.1) is 12.1 Å². The van der Waals surface area contributed by atoms with Gasteiger partial charge in [0.1, 0.15) is 0 Å². The Hall–Kier alpha value is -1.06. The van der Waals surface area contributed by atoms with Gasteiger partial charge in [0, 0.05) is 5.02 Å². The number of rotatable bonds is 3. The van der Waals surface area contributed by atoms with E-state index in [1.165, 1.54) is 0 Å². The molecule has 3 nitrogen and oxygen atoms in total. The van der Waals surface area contributed by atoms with Crippen LogP contribution in [0.4, 0.5) is 0 Å². The van der Waals surface area contributed by atoms with Crippen LogP contribution in [0.15, 0.2) is 24.3 Å². The number of amides is 1. The van der Waals surface area contributed by atoms with Crippen molar-refractivity contribution in [2.24, 2.45) is 0 Å². The molecule has 0 saturated carbocycles. The number of carbonyl (C=O) groups excluding carboxylic acids is 1. The molecule has 1 aliphatic rings. The third kappa shape index (κ3) is 3.47. The smallest absolute Gasteiger partial charge is 0.237 e. The first kappa shape index (κ1) is 13.4. The molecule has 1 aliphatic heterocycles. The zero-order valence-corrected chi connectivity index (χ0v) is 11.3. The second kappa shape index (κ2) is 6.21. The van der Waals surface area contributed by atoms with Crippen LogP contribution in [0.1, 0.15) is 37.8 Å². The first-order valence-electron chi connectivity index (χ1n) is 6.46. The van der Waals surface area contributed by atoms with Crippen LogP contribution in [0.25, 0.3) is 0 Å². The maximum Gasteiger partial charge on any atom is 0.237 e. The normalized spacial score (nSPS) is 21.3. The molecule has 1 aromatic rings. The minimum Gasteiger partial charge on any atom is -0.348 e. The van der Waals surface area contributed by atoms with Crippen LogP contribution in [-0.4, -0.2) is 18.5 Å². The van der Waals surface area contributed by atoms with Crippen LogP contribution in [0.3, 0.4) is 0 Å². The van der Waals surface area contributed by atoms with Crippen LogP contribution in [-0.2, 0) is 4.79 Å². The summed E-state index contributed by atoms with van der Waals surface area (Å²) in [5.41, 5.74) is 1.07. The van der Waals surface area contributed by atoms with Crippen molar-refractivity contribution in [1.82, 2.24) is 10.6 Å². The molecule has 2 rings (SSSR count). The van der Waals surface area contributed by atoms with E-state index in [0.717, 1.165) is 31.4 Å². The van der Waals surface area contributed by atoms with E-state index in [1.807, 2.05) is 31.2 Å². The number of piperidine rings is 1. The highest BCUT2D eigenvalue weighted by Crippen LogP contribution is 2.16. The van der Waals surface area contributed by atoms with E-state index in [0.29, 0.717) is 5.02 Å². The summed E-state index contributed by atoms with van der Waals surface area (Å²) in [5.74, 6) is 0.0946. The zero-order chi connectivity index (χ0) is 13.0. The van der Waals surface area contributed by atoms with Gasteiger partial charge in [-0.1, -0.05) is 30.2 Å². The predicted molar refractivity (Wildman–Crippen MR) is 73.7 cm³/mol. The molecule has 2 atom stereocenters. The molecular weight excluding hydrogens is 248 g/mol. The van der Waals surface area contributed by atoms with Crippen molar-refractivity contribution in [2.45, 2.75) is 38.3 Å². The number of nitrogens with one attached hydrogen (secondary N) is 2. The van der Waals surface area contributed by atoms with Crippen molar-refractivity contribution in [2.75, 3.05) is 6.54 Å². The van der Waals surface area contributed by atoms with Crippen molar-refractivity contribution in [3.8, 4) is 0 Å². The SMILES string of the molecule is C[C@H](NC(=O)[C@@H]1CCCCN1)c1ccc(Cl)cc1. The second-order valence-electron chi connectivity index (χ2n) is 4.78. The van der Waals surface area contributed by atoms with Gasteiger partial charge >= 0.3 is 0 Å². The Kier molecular flexibility index (Phi) is 4.61. The maximum atomic E-state index is 12.0. The highest BCUT2D eigenvalue weighted by atomic mass is 35.5. The van der Waals surface area contributed by atoms with Crippen LogP contribution in [0.2, 0.25) is 5.02 Å². The fourth-order valence-electron chi connectivity index (χ4n) is 2.22. The lowest BCUT2D eigenvalue weighted by Gasteiger charge is -2.24. The van der Waals surface area contributed by atoms with E-state index >= 15 is 0 Å². The average Bonchev–Trinajstić information content (AvgIpc) is 2.40. The van der Waals surface area contributed by atoms with Crippen LogP contribution >= 0.6 is 11.6 Å². The molecule has 1 aromatic carbocycles. The summed E-state index contributed by atoms with van der Waals surface area (Å²) in [6, 6.07) is 7.56. The fraction of sp³-hybridized carbons (Fsp3) is 0.500. The Morgan fingerprint density at radius 2 is 2.11 bits per heavy atom. The average molecular weight is 267 g/mol. The Labute approximate surface area is 113 Å². The lowest BCUT2D eigenvalue weighted by Crippen LogP contribution is -2.47. The van der Waals surface area contributed by atoms with Gasteiger partial charge in [0.2, 0.25) is 5.91 Å². The maximum absolute atomic E-state index is 12.0. The minimum absolute atomic E-state index is 0.0125. The molecule has 4 heteroatoms. The molecule has 1 heterocycles. The molecule has 18 heavy (non-hydrogen) atoms. The first-order valence-corrected chi connectivity index (χ1v) is 6.84. The van der Waals surface area contributed by atoms with Crippen molar-refractivity contribution >= 4 is 17.5 Å². The lowest BCUT2D eigenvalue weighted by molar-refractivity contribution is -0.124. The van der Waals surface area contributed by atoms with Gasteiger partial charge in [0.15, 0.2) is 0 Å². The molecule has 0 radical (unpaired) electrons. The third-order valence-corrected chi connectivity index (χ3v) is 3.61. The van der Waals surface area contributed by atoms with Crippen molar-refractivity contribution in [3.05, 3.63) is 34.9 Å². The number of hydrogen-bond donors (Lipinski definition) is 2. The number of carbonyl (C=O) groups is 1. The number of hydrogen-bond acceptors (Lipinski definition) is 2. The summed E-state index contributed by atoms with van der Waals surface area (Å²) in [6.07, 6.45) is 3.22. The molecule has 2 N–H and O–H groups in total. The zero-order valence-electron chi connectivity index (χ0n) is 10.6. The Balaban J connectivity index is 1.91.